The fourth-order valence-corrected chi connectivity index (χ4v) is 2.40. The number of hydrogen-bond donors (Lipinski definition) is 0. The van der Waals surface area contributed by atoms with E-state index >= 15 is 0 Å². The lowest BCUT2D eigenvalue weighted by Gasteiger charge is -2.10. The molecular weight excluding hydrogens is 236 g/mol. The predicted octanol–water partition coefficient (Wildman–Crippen LogP) is 1.88. The number of thiazole rings is 1. The van der Waals surface area contributed by atoms with Gasteiger partial charge in [-0.3, -0.25) is 0 Å². The summed E-state index contributed by atoms with van der Waals surface area (Å²) >= 11 is 7.23. The van der Waals surface area contributed by atoms with Crippen molar-refractivity contribution in [1.29, 1.82) is 0 Å². The highest BCUT2D eigenvalue weighted by Crippen LogP contribution is 2.13. The van der Waals surface area contributed by atoms with E-state index in [4.69, 9.17) is 16.3 Å². The third-order valence-corrected chi connectivity index (χ3v) is 3.41. The second kappa shape index (κ2) is 4.81. The molecule has 1 aromatic heterocycles. The van der Waals surface area contributed by atoms with Crippen LogP contribution in [-0.2, 0) is 17.0 Å². The second-order valence-electron chi connectivity index (χ2n) is 3.22. The zero-order valence-corrected chi connectivity index (χ0v) is 9.68. The van der Waals surface area contributed by atoms with Gasteiger partial charge in [0, 0.05) is 18.3 Å². The van der Waals surface area contributed by atoms with Crippen LogP contribution in [0.15, 0.2) is 5.38 Å². The van der Waals surface area contributed by atoms with Crippen molar-refractivity contribution in [3.63, 3.8) is 0 Å². The van der Waals surface area contributed by atoms with E-state index in [2.05, 4.69) is 4.98 Å². The summed E-state index contributed by atoms with van der Waals surface area (Å²) in [5, 5.41) is 2.97. The van der Waals surface area contributed by atoms with Crippen molar-refractivity contribution in [2.24, 2.45) is 0 Å². The second-order valence-corrected chi connectivity index (χ2v) is 4.43. The Bertz CT molecular complexity index is 356. The first-order valence-electron chi connectivity index (χ1n) is 4.70. The molecule has 1 aromatic rings. The summed E-state index contributed by atoms with van der Waals surface area (Å²) in [7, 11) is 0. The van der Waals surface area contributed by atoms with Crippen molar-refractivity contribution >= 4 is 29.0 Å². The van der Waals surface area contributed by atoms with Crippen LogP contribution in [0.5, 0.6) is 0 Å². The van der Waals surface area contributed by atoms with Gasteiger partial charge in [0.15, 0.2) is 0 Å². The minimum atomic E-state index is -0.218. The first-order chi connectivity index (χ1) is 7.29. The van der Waals surface area contributed by atoms with Crippen LogP contribution in [0.25, 0.3) is 0 Å². The number of halogens is 1. The van der Waals surface area contributed by atoms with Crippen LogP contribution in [0, 0.1) is 0 Å². The van der Waals surface area contributed by atoms with Gasteiger partial charge < -0.3 is 9.64 Å². The molecule has 1 fully saturated rings. The molecule has 0 aliphatic carbocycles. The van der Waals surface area contributed by atoms with Crippen molar-refractivity contribution in [3.05, 3.63) is 16.1 Å². The zero-order valence-electron chi connectivity index (χ0n) is 8.11. The molecule has 2 heterocycles. The van der Waals surface area contributed by atoms with Crippen LogP contribution in [0.2, 0.25) is 0 Å². The van der Waals surface area contributed by atoms with Crippen molar-refractivity contribution < 1.29 is 9.53 Å². The quantitative estimate of drug-likeness (QED) is 0.762. The molecule has 0 aromatic carbocycles. The lowest BCUT2D eigenvalue weighted by molar-refractivity contribution is 0.159. The van der Waals surface area contributed by atoms with Crippen LogP contribution in [0.1, 0.15) is 10.7 Å². The highest BCUT2D eigenvalue weighted by Gasteiger charge is 2.21. The molecule has 15 heavy (non-hydrogen) atoms. The van der Waals surface area contributed by atoms with Gasteiger partial charge in [-0.1, -0.05) is 0 Å². The molecule has 0 saturated carbocycles. The monoisotopic (exact) mass is 246 g/mol. The van der Waals surface area contributed by atoms with E-state index in [0.717, 1.165) is 17.1 Å². The summed E-state index contributed by atoms with van der Waals surface area (Å²) in [6, 6.07) is 0. The summed E-state index contributed by atoms with van der Waals surface area (Å²) in [5.74, 6) is 0.447. The van der Waals surface area contributed by atoms with Gasteiger partial charge in [-0.05, 0) is 0 Å². The number of amides is 1. The highest BCUT2D eigenvalue weighted by molar-refractivity contribution is 7.09. The van der Waals surface area contributed by atoms with Gasteiger partial charge in [0.1, 0.15) is 6.61 Å². The molecular formula is C9H11ClN2O2S. The predicted molar refractivity (Wildman–Crippen MR) is 58.3 cm³/mol. The van der Waals surface area contributed by atoms with Gasteiger partial charge in [0.2, 0.25) is 0 Å². The minimum Gasteiger partial charge on any atom is -0.448 e. The summed E-state index contributed by atoms with van der Waals surface area (Å²) in [6.07, 6.45) is 0.556. The van der Waals surface area contributed by atoms with Crippen LogP contribution in [0.4, 0.5) is 4.79 Å². The Labute approximate surface area is 96.8 Å². The van der Waals surface area contributed by atoms with E-state index in [-0.39, 0.29) is 6.09 Å². The molecule has 6 heteroatoms. The number of aromatic nitrogens is 1. The standard InChI is InChI=1S/C9H11ClN2O2S/c10-5-7-6-15-8(11-7)1-2-12-3-4-14-9(12)13/h6H,1-5H2. The maximum Gasteiger partial charge on any atom is 0.409 e. The van der Waals surface area contributed by atoms with Crippen molar-refractivity contribution in [3.8, 4) is 0 Å². The summed E-state index contributed by atoms with van der Waals surface area (Å²) in [5.41, 5.74) is 0.903. The Morgan fingerprint density at radius 2 is 2.53 bits per heavy atom. The van der Waals surface area contributed by atoms with E-state index in [0.29, 0.717) is 25.6 Å². The summed E-state index contributed by atoms with van der Waals surface area (Å²) in [6.45, 7) is 1.87. The van der Waals surface area contributed by atoms with E-state index in [1.807, 2.05) is 5.38 Å². The van der Waals surface area contributed by atoms with Gasteiger partial charge in [0.25, 0.3) is 0 Å². The van der Waals surface area contributed by atoms with E-state index in [1.165, 1.54) is 0 Å². The highest BCUT2D eigenvalue weighted by atomic mass is 35.5. The van der Waals surface area contributed by atoms with E-state index in [1.54, 1.807) is 16.2 Å². The molecule has 0 bridgehead atoms. The molecule has 1 saturated heterocycles. The van der Waals surface area contributed by atoms with Crippen molar-refractivity contribution in [2.75, 3.05) is 19.7 Å². The number of ether oxygens (including phenoxy) is 1. The Hall–Kier alpha value is -0.810. The van der Waals surface area contributed by atoms with Crippen LogP contribution < -0.4 is 0 Å². The molecule has 2 rings (SSSR count). The first kappa shape index (κ1) is 10.7. The third-order valence-electron chi connectivity index (χ3n) is 2.18. The summed E-state index contributed by atoms with van der Waals surface area (Å²) < 4.78 is 4.83. The molecule has 82 valence electrons. The fraction of sp³-hybridized carbons (Fsp3) is 0.556. The maximum atomic E-state index is 11.1. The number of carbonyl (C=O) groups excluding carboxylic acids is 1. The minimum absolute atomic E-state index is 0.218. The van der Waals surface area contributed by atoms with Crippen molar-refractivity contribution in [1.82, 2.24) is 9.88 Å². The number of nitrogens with zero attached hydrogens (tertiary/aromatic N) is 2. The van der Waals surface area contributed by atoms with Gasteiger partial charge in [-0.2, -0.15) is 0 Å². The van der Waals surface area contributed by atoms with Gasteiger partial charge in [-0.15, -0.1) is 22.9 Å². The molecule has 0 N–H and O–H groups in total. The lowest BCUT2D eigenvalue weighted by atomic mass is 10.4. The third kappa shape index (κ3) is 2.60. The normalized spacial score (nSPS) is 15.8. The SMILES string of the molecule is O=C1OCCN1CCc1nc(CCl)cs1. The molecule has 0 radical (unpaired) electrons. The zero-order chi connectivity index (χ0) is 10.7. The van der Waals surface area contributed by atoms with Gasteiger partial charge in [-0.25, -0.2) is 9.78 Å². The van der Waals surface area contributed by atoms with Crippen LogP contribution >= 0.6 is 22.9 Å². The number of cyclic esters (lactones) is 1. The maximum absolute atomic E-state index is 11.1. The molecule has 1 amide bonds. The largest absolute Gasteiger partial charge is 0.448 e. The average molecular weight is 247 g/mol. The molecule has 0 unspecified atom stereocenters. The Balaban J connectivity index is 1.84. The lowest BCUT2D eigenvalue weighted by Crippen LogP contribution is -2.26. The molecule has 0 spiro atoms. The Kier molecular flexibility index (Phi) is 3.43. The Morgan fingerprint density at radius 3 is 3.13 bits per heavy atom. The smallest absolute Gasteiger partial charge is 0.409 e. The van der Waals surface area contributed by atoms with Crippen molar-refractivity contribution in [2.45, 2.75) is 12.3 Å². The summed E-state index contributed by atoms with van der Waals surface area (Å²) in [4.78, 5) is 17.1. The van der Waals surface area contributed by atoms with E-state index < -0.39 is 0 Å². The molecule has 1 aliphatic rings. The van der Waals surface area contributed by atoms with Gasteiger partial charge in [0.05, 0.1) is 23.1 Å². The molecule has 1 aliphatic heterocycles. The topological polar surface area (TPSA) is 42.4 Å². The molecule has 0 atom stereocenters. The number of hydrogen-bond acceptors (Lipinski definition) is 4. The Morgan fingerprint density at radius 1 is 1.67 bits per heavy atom. The van der Waals surface area contributed by atoms with Crippen LogP contribution in [-0.4, -0.2) is 35.7 Å². The first-order valence-corrected chi connectivity index (χ1v) is 6.12. The van der Waals surface area contributed by atoms with E-state index in [9.17, 15) is 4.79 Å². The fourth-order valence-electron chi connectivity index (χ4n) is 1.38. The molecule has 4 nitrogen and oxygen atoms in total. The van der Waals surface area contributed by atoms with Crippen LogP contribution in [0.3, 0.4) is 0 Å². The van der Waals surface area contributed by atoms with Gasteiger partial charge >= 0.3 is 6.09 Å². The number of rotatable bonds is 4. The number of alkyl halides is 1. The number of carbonyl (C=O) groups is 1. The average Bonchev–Trinajstić information content (AvgIpc) is 2.84.